The molecule has 0 unspecified atom stereocenters. The van der Waals surface area contributed by atoms with Crippen molar-refractivity contribution in [1.29, 1.82) is 0 Å². The summed E-state index contributed by atoms with van der Waals surface area (Å²) in [5.74, 6) is 0.803. The van der Waals surface area contributed by atoms with Gasteiger partial charge in [-0.05, 0) is 40.8 Å². The average Bonchev–Trinajstić information content (AvgIpc) is 2.78. The van der Waals surface area contributed by atoms with Gasteiger partial charge in [0.2, 0.25) is 0 Å². The topological polar surface area (TPSA) is 73.6 Å². The quantitative estimate of drug-likeness (QED) is 0.476. The Morgan fingerprint density at radius 1 is 0.867 bits per heavy atom. The van der Waals surface area contributed by atoms with Gasteiger partial charge in [0.25, 0.3) is 0 Å². The molecule has 158 valence electrons. The highest BCUT2D eigenvalue weighted by Crippen LogP contribution is 2.24. The zero-order valence-electron chi connectivity index (χ0n) is 16.8. The number of hydrogen-bond acceptors (Lipinski definition) is 4. The van der Waals surface area contributed by atoms with Crippen LogP contribution < -0.4 is 15.8 Å². The highest BCUT2D eigenvalue weighted by Gasteiger charge is 2.03. The first kappa shape index (κ1) is 23.3. The van der Waals surface area contributed by atoms with E-state index in [4.69, 9.17) is 15.2 Å². The zero-order chi connectivity index (χ0) is 20.3. The van der Waals surface area contributed by atoms with E-state index in [0.29, 0.717) is 26.1 Å². The summed E-state index contributed by atoms with van der Waals surface area (Å²) in [6, 6.07) is 25.7. The number of nitrogens with one attached hydrogen (secondary N) is 1. The van der Waals surface area contributed by atoms with Crippen molar-refractivity contribution in [3.05, 3.63) is 90.0 Å². The molecule has 0 heterocycles. The Morgan fingerprint density at radius 3 is 2.37 bits per heavy atom. The molecule has 0 spiro atoms. The smallest absolute Gasteiger partial charge is 0.407 e. The van der Waals surface area contributed by atoms with Gasteiger partial charge < -0.3 is 20.5 Å². The largest absolute Gasteiger partial charge is 0.494 e. The Hall–Kier alpha value is -3.02. The zero-order valence-corrected chi connectivity index (χ0v) is 17.6. The van der Waals surface area contributed by atoms with Gasteiger partial charge in [-0.1, -0.05) is 66.7 Å². The van der Waals surface area contributed by atoms with Gasteiger partial charge in [-0.3, -0.25) is 0 Å². The fourth-order valence-electron chi connectivity index (χ4n) is 2.83. The van der Waals surface area contributed by atoms with Crippen LogP contribution in [0.25, 0.3) is 11.1 Å². The van der Waals surface area contributed by atoms with Gasteiger partial charge in [0, 0.05) is 13.1 Å². The second-order valence-electron chi connectivity index (χ2n) is 6.62. The monoisotopic (exact) mass is 426 g/mol. The van der Waals surface area contributed by atoms with Crippen molar-refractivity contribution < 1.29 is 14.3 Å². The molecule has 0 bridgehead atoms. The van der Waals surface area contributed by atoms with Crippen LogP contribution in [-0.2, 0) is 17.9 Å². The first-order valence-corrected chi connectivity index (χ1v) is 9.71. The van der Waals surface area contributed by atoms with Crippen LogP contribution in [0.4, 0.5) is 4.79 Å². The highest BCUT2D eigenvalue weighted by atomic mass is 35.5. The van der Waals surface area contributed by atoms with E-state index >= 15 is 0 Å². The Labute approximate surface area is 183 Å². The lowest BCUT2D eigenvalue weighted by Gasteiger charge is -2.10. The van der Waals surface area contributed by atoms with E-state index in [1.165, 1.54) is 0 Å². The lowest BCUT2D eigenvalue weighted by atomic mass is 10.0. The third-order valence-electron chi connectivity index (χ3n) is 4.43. The molecular weight excluding hydrogens is 400 g/mol. The number of benzene rings is 3. The van der Waals surface area contributed by atoms with Crippen molar-refractivity contribution in [3.8, 4) is 16.9 Å². The van der Waals surface area contributed by atoms with E-state index in [9.17, 15) is 4.79 Å². The van der Waals surface area contributed by atoms with E-state index in [2.05, 4.69) is 23.5 Å². The van der Waals surface area contributed by atoms with Gasteiger partial charge in [0.15, 0.2) is 0 Å². The van der Waals surface area contributed by atoms with Crippen LogP contribution in [0.1, 0.15) is 17.5 Å². The third kappa shape index (κ3) is 7.43. The van der Waals surface area contributed by atoms with Crippen LogP contribution >= 0.6 is 12.4 Å². The SMILES string of the molecule is Cl.NCc1ccc(-c2cccc(OCCCNC(=O)OCc3ccccc3)c2)cc1. The van der Waals surface area contributed by atoms with Crippen LogP contribution in [0.15, 0.2) is 78.9 Å². The maximum atomic E-state index is 11.7. The number of carbonyl (C=O) groups excluding carboxylic acids is 1. The molecule has 3 N–H and O–H groups in total. The van der Waals surface area contributed by atoms with Gasteiger partial charge >= 0.3 is 6.09 Å². The van der Waals surface area contributed by atoms with Crippen LogP contribution in [-0.4, -0.2) is 19.2 Å². The van der Waals surface area contributed by atoms with Gasteiger partial charge in [0.05, 0.1) is 6.61 Å². The van der Waals surface area contributed by atoms with Gasteiger partial charge in [-0.15, -0.1) is 12.4 Å². The average molecular weight is 427 g/mol. The first-order chi connectivity index (χ1) is 14.2. The highest BCUT2D eigenvalue weighted by molar-refractivity contribution is 5.85. The standard InChI is InChI=1S/C24H26N2O3.ClH/c25-17-19-10-12-21(13-11-19)22-8-4-9-23(16-22)28-15-5-14-26-24(27)29-18-20-6-2-1-3-7-20;/h1-4,6-13,16H,5,14-15,17-18,25H2,(H,26,27);1H. The second kappa shape index (κ2) is 12.5. The number of hydrogen-bond donors (Lipinski definition) is 2. The third-order valence-corrected chi connectivity index (χ3v) is 4.43. The molecule has 5 nitrogen and oxygen atoms in total. The Balaban J connectivity index is 0.00000320. The molecule has 0 saturated heterocycles. The summed E-state index contributed by atoms with van der Waals surface area (Å²) in [4.78, 5) is 11.7. The molecule has 0 aliphatic rings. The van der Waals surface area contributed by atoms with Crippen molar-refractivity contribution >= 4 is 18.5 Å². The predicted molar refractivity (Wildman–Crippen MR) is 122 cm³/mol. The van der Waals surface area contributed by atoms with Crippen molar-refractivity contribution in [2.45, 2.75) is 19.6 Å². The summed E-state index contributed by atoms with van der Waals surface area (Å²) in [5, 5.41) is 2.74. The summed E-state index contributed by atoms with van der Waals surface area (Å²) in [7, 11) is 0. The van der Waals surface area contributed by atoms with Crippen molar-refractivity contribution in [2.75, 3.05) is 13.2 Å². The lowest BCUT2D eigenvalue weighted by Crippen LogP contribution is -2.26. The molecule has 0 radical (unpaired) electrons. The number of ether oxygens (including phenoxy) is 2. The Morgan fingerprint density at radius 2 is 1.63 bits per heavy atom. The van der Waals surface area contributed by atoms with E-state index < -0.39 is 6.09 Å². The summed E-state index contributed by atoms with van der Waals surface area (Å²) < 4.78 is 11.0. The van der Waals surface area contributed by atoms with E-state index in [1.807, 2.05) is 60.7 Å². The normalized spacial score (nSPS) is 10.0. The molecular formula is C24H27ClN2O3. The number of nitrogens with two attached hydrogens (primary N) is 1. The van der Waals surface area contributed by atoms with E-state index in [1.54, 1.807) is 0 Å². The number of carbonyl (C=O) groups is 1. The molecule has 1 amide bonds. The molecule has 3 aromatic carbocycles. The Kier molecular flexibility index (Phi) is 9.71. The van der Waals surface area contributed by atoms with Crippen LogP contribution in [0, 0.1) is 0 Å². The maximum Gasteiger partial charge on any atom is 0.407 e. The molecule has 0 fully saturated rings. The number of halogens is 1. The molecule has 0 aromatic heterocycles. The molecule has 0 saturated carbocycles. The fourth-order valence-corrected chi connectivity index (χ4v) is 2.83. The van der Waals surface area contributed by atoms with Crippen LogP contribution in [0.5, 0.6) is 5.75 Å². The molecule has 0 aliphatic carbocycles. The maximum absolute atomic E-state index is 11.7. The molecule has 3 rings (SSSR count). The van der Waals surface area contributed by atoms with Gasteiger partial charge in [-0.2, -0.15) is 0 Å². The molecule has 6 heteroatoms. The molecule has 30 heavy (non-hydrogen) atoms. The first-order valence-electron chi connectivity index (χ1n) is 9.71. The number of rotatable bonds is 9. The van der Waals surface area contributed by atoms with Gasteiger partial charge in [-0.25, -0.2) is 4.79 Å². The number of alkyl carbamates (subject to hydrolysis) is 1. The van der Waals surface area contributed by atoms with Crippen LogP contribution in [0.2, 0.25) is 0 Å². The Bertz CT molecular complexity index is 902. The lowest BCUT2D eigenvalue weighted by molar-refractivity contribution is 0.139. The van der Waals surface area contributed by atoms with E-state index in [0.717, 1.165) is 28.0 Å². The summed E-state index contributed by atoms with van der Waals surface area (Å²) >= 11 is 0. The van der Waals surface area contributed by atoms with Crippen molar-refractivity contribution in [2.24, 2.45) is 5.73 Å². The summed E-state index contributed by atoms with van der Waals surface area (Å²) in [6.45, 7) is 1.81. The molecule has 0 atom stereocenters. The van der Waals surface area contributed by atoms with E-state index in [-0.39, 0.29) is 19.0 Å². The minimum Gasteiger partial charge on any atom is -0.494 e. The second-order valence-corrected chi connectivity index (χ2v) is 6.62. The summed E-state index contributed by atoms with van der Waals surface area (Å²) in [6.07, 6.45) is 0.271. The van der Waals surface area contributed by atoms with Gasteiger partial charge in [0.1, 0.15) is 12.4 Å². The molecule has 0 aliphatic heterocycles. The summed E-state index contributed by atoms with van der Waals surface area (Å²) in [5.41, 5.74) is 9.93. The van der Waals surface area contributed by atoms with Crippen molar-refractivity contribution in [1.82, 2.24) is 5.32 Å². The minimum atomic E-state index is -0.420. The number of amides is 1. The minimum absolute atomic E-state index is 0. The predicted octanol–water partition coefficient (Wildman–Crippen LogP) is 4.93. The molecule has 3 aromatic rings. The van der Waals surface area contributed by atoms with Crippen molar-refractivity contribution in [3.63, 3.8) is 0 Å². The van der Waals surface area contributed by atoms with Crippen LogP contribution in [0.3, 0.4) is 0 Å². The fraction of sp³-hybridized carbons (Fsp3) is 0.208.